The number of aliphatic hydroxyl groups excluding tert-OH is 12. The molecule has 68 heavy (non-hydrogen) atoms. The topological polar surface area (TPSA) is 372 Å². The lowest BCUT2D eigenvalue weighted by molar-refractivity contribution is -0.398. The summed E-state index contributed by atoms with van der Waals surface area (Å²) in [4.78, 5) is 10.8. The van der Waals surface area contributed by atoms with Gasteiger partial charge in [-0.3, -0.25) is 4.79 Å². The van der Waals surface area contributed by atoms with Crippen LogP contribution in [0.3, 0.4) is 0 Å². The molecule has 0 saturated carbocycles. The first-order valence-corrected chi connectivity index (χ1v) is 24.1. The predicted molar refractivity (Wildman–Crippen MR) is 228 cm³/mol. The fourth-order valence-electron chi connectivity index (χ4n) is 9.07. The molecular formula is C44H78O24. The Kier molecular flexibility index (Phi) is 22.4. The van der Waals surface area contributed by atoms with Gasteiger partial charge in [0, 0.05) is 6.42 Å². The van der Waals surface area contributed by atoms with E-state index in [-0.39, 0.29) is 6.42 Å². The number of carboxylic acids is 1. The van der Waals surface area contributed by atoms with Gasteiger partial charge >= 0.3 is 5.97 Å². The SMILES string of the molecule is CCC[C@@H](CCCCCCCCCC(=O)O)O[C@@H]1O[C@H](C)[C@@H](O)[C@H](O)[C@H]1O[C@@H]1O[C@H](CO[C@@H]2O[C@H](C)[C@@H](O)[C@H](O)[C@H]2O[C@@H]2O[C@@H](C)[C@H](O)[C@@H](O)[C@H]2O)[C@@H](O)[C@H](O)[C@H]1O[C@@H]1O[C@@H](C)[C@H](O)[C@@H](O)[C@H]1O. The molecule has 0 aromatic rings. The third-order valence-electron chi connectivity index (χ3n) is 13.5. The van der Waals surface area contributed by atoms with Gasteiger partial charge in [-0.1, -0.05) is 51.9 Å². The predicted octanol–water partition coefficient (Wildman–Crippen LogP) is -3.03. The van der Waals surface area contributed by atoms with E-state index >= 15 is 0 Å². The summed E-state index contributed by atoms with van der Waals surface area (Å²) in [6.45, 7) is 7.02. The molecule has 5 rings (SSSR count). The number of ether oxygens (including phenoxy) is 10. The molecular weight excluding hydrogens is 912 g/mol. The lowest BCUT2D eigenvalue weighted by Gasteiger charge is -2.49. The highest BCUT2D eigenvalue weighted by molar-refractivity contribution is 5.66. The minimum atomic E-state index is -1.99. The van der Waals surface area contributed by atoms with Crippen LogP contribution >= 0.6 is 0 Å². The molecule has 5 fully saturated rings. The molecule has 0 amide bonds. The summed E-state index contributed by atoms with van der Waals surface area (Å²) in [5, 5.41) is 140. The zero-order valence-corrected chi connectivity index (χ0v) is 39.3. The summed E-state index contributed by atoms with van der Waals surface area (Å²) in [6.07, 6.45) is -32.0. The fourth-order valence-corrected chi connectivity index (χ4v) is 9.07. The zero-order valence-electron chi connectivity index (χ0n) is 39.3. The van der Waals surface area contributed by atoms with E-state index in [1.54, 1.807) is 0 Å². The number of hydrogen-bond acceptors (Lipinski definition) is 23. The van der Waals surface area contributed by atoms with Gasteiger partial charge in [0.25, 0.3) is 0 Å². The normalized spacial score (nSPS) is 46.3. The number of aliphatic carboxylic acids is 1. The molecule has 24 heteroatoms. The molecule has 0 unspecified atom stereocenters. The lowest BCUT2D eigenvalue weighted by Crippen LogP contribution is -2.67. The summed E-state index contributed by atoms with van der Waals surface area (Å²) >= 11 is 0. The van der Waals surface area contributed by atoms with Crippen molar-refractivity contribution in [2.24, 2.45) is 0 Å². The van der Waals surface area contributed by atoms with Crippen molar-refractivity contribution in [3.63, 3.8) is 0 Å². The maximum atomic E-state index is 11.7. The molecule has 24 nitrogen and oxygen atoms in total. The van der Waals surface area contributed by atoms with Crippen LogP contribution in [0.2, 0.25) is 0 Å². The van der Waals surface area contributed by atoms with E-state index in [1.807, 2.05) is 6.92 Å². The second-order valence-corrected chi connectivity index (χ2v) is 18.9. The van der Waals surface area contributed by atoms with E-state index in [0.717, 1.165) is 38.5 Å². The van der Waals surface area contributed by atoms with Crippen molar-refractivity contribution < 1.29 is 119 Å². The highest BCUT2D eigenvalue weighted by Gasteiger charge is 2.55. The summed E-state index contributed by atoms with van der Waals surface area (Å²) < 4.78 is 59.8. The molecule has 398 valence electrons. The number of unbranched alkanes of at least 4 members (excludes halogenated alkanes) is 6. The summed E-state index contributed by atoms with van der Waals surface area (Å²) in [7, 11) is 0. The maximum Gasteiger partial charge on any atom is 0.303 e. The summed E-state index contributed by atoms with van der Waals surface area (Å²) in [5.41, 5.74) is 0. The smallest absolute Gasteiger partial charge is 0.303 e. The fraction of sp³-hybridized carbons (Fsp3) is 0.977. The molecule has 0 aromatic heterocycles. The highest BCUT2D eigenvalue weighted by atomic mass is 16.8. The van der Waals surface area contributed by atoms with Crippen molar-refractivity contribution in [1.29, 1.82) is 0 Å². The monoisotopic (exact) mass is 990 g/mol. The summed E-state index contributed by atoms with van der Waals surface area (Å²) in [6, 6.07) is 0. The van der Waals surface area contributed by atoms with E-state index in [1.165, 1.54) is 27.7 Å². The lowest BCUT2D eigenvalue weighted by atomic mass is 9.96. The van der Waals surface area contributed by atoms with E-state index in [9.17, 15) is 66.1 Å². The Morgan fingerprint density at radius 1 is 0.441 bits per heavy atom. The Bertz CT molecular complexity index is 1490. The van der Waals surface area contributed by atoms with Gasteiger partial charge < -0.3 is 114 Å². The molecule has 0 bridgehead atoms. The first kappa shape index (κ1) is 57.5. The first-order valence-electron chi connectivity index (χ1n) is 24.1. The van der Waals surface area contributed by atoms with E-state index < -0.39 is 172 Å². The average molecular weight is 991 g/mol. The van der Waals surface area contributed by atoms with Crippen molar-refractivity contribution >= 4 is 5.97 Å². The quantitative estimate of drug-likeness (QED) is 0.0453. The van der Waals surface area contributed by atoms with Gasteiger partial charge in [-0.15, -0.1) is 0 Å². The highest BCUT2D eigenvalue weighted by Crippen LogP contribution is 2.36. The second-order valence-electron chi connectivity index (χ2n) is 18.9. The molecule has 0 spiro atoms. The minimum absolute atomic E-state index is 0.146. The van der Waals surface area contributed by atoms with E-state index in [0.29, 0.717) is 25.7 Å². The molecule has 5 heterocycles. The Hall–Kier alpha value is -1.41. The van der Waals surface area contributed by atoms with Gasteiger partial charge in [-0.05, 0) is 47.0 Å². The standard InChI is InChI=1S/C44H78O24/c1-6-14-22(15-12-10-8-7-9-11-13-16-24(45)46)64-43-38(33(55)28(50)21(5)63-43)68-44-39(67-41-36(58)31(53)26(48)19(3)61-41)34(56)29(51)23(65-44)17-59-42-37(32(54)27(49)20(4)62-42)66-40-35(57)30(52)25(47)18(2)60-40/h18-23,25-44,47-58H,6-17H2,1-5H3,(H,45,46)/t18-,19-,20+,21+,22-,23+,25-,26-,27+,28+,29+,30+,31+,32-,33-,34-,35+,36+,37+,38+,39+,40-,41-,42+,43-,44-/m0/s1. The second kappa shape index (κ2) is 26.5. The van der Waals surface area contributed by atoms with Gasteiger partial charge in [0.1, 0.15) is 97.7 Å². The van der Waals surface area contributed by atoms with Crippen molar-refractivity contribution in [3.8, 4) is 0 Å². The van der Waals surface area contributed by atoms with Gasteiger partial charge in [0.05, 0.1) is 37.1 Å². The van der Waals surface area contributed by atoms with Crippen LogP contribution in [-0.4, -0.2) is 239 Å². The van der Waals surface area contributed by atoms with Crippen LogP contribution in [0.5, 0.6) is 0 Å². The van der Waals surface area contributed by atoms with Crippen molar-refractivity contribution in [1.82, 2.24) is 0 Å². The van der Waals surface area contributed by atoms with Crippen LogP contribution in [0.1, 0.15) is 105 Å². The number of hydrogen-bond donors (Lipinski definition) is 13. The van der Waals surface area contributed by atoms with Crippen molar-refractivity contribution in [2.45, 2.75) is 265 Å². The molecule has 5 aliphatic rings. The first-order chi connectivity index (χ1) is 32.2. The Balaban J connectivity index is 1.35. The van der Waals surface area contributed by atoms with Crippen molar-refractivity contribution in [2.75, 3.05) is 6.61 Å². The molecule has 0 radical (unpaired) electrons. The van der Waals surface area contributed by atoms with Crippen LogP contribution in [0, 0.1) is 0 Å². The third kappa shape index (κ3) is 14.4. The zero-order chi connectivity index (χ0) is 50.1. The number of rotatable bonds is 23. The number of carbonyl (C=O) groups is 1. The molecule has 0 aliphatic carbocycles. The Morgan fingerprint density at radius 3 is 1.34 bits per heavy atom. The average Bonchev–Trinajstić information content (AvgIpc) is 3.30. The maximum absolute atomic E-state index is 11.7. The van der Waals surface area contributed by atoms with Gasteiger partial charge in [-0.25, -0.2) is 0 Å². The Morgan fingerprint density at radius 2 is 0.838 bits per heavy atom. The number of carboxylic acid groups (broad SMARTS) is 1. The van der Waals surface area contributed by atoms with E-state index in [2.05, 4.69) is 0 Å². The van der Waals surface area contributed by atoms with E-state index in [4.69, 9.17) is 52.5 Å². The molecule has 0 aromatic carbocycles. The Labute approximate surface area is 395 Å². The number of aliphatic hydroxyl groups is 12. The van der Waals surface area contributed by atoms with Gasteiger partial charge in [0.15, 0.2) is 31.5 Å². The van der Waals surface area contributed by atoms with Crippen molar-refractivity contribution in [3.05, 3.63) is 0 Å². The molecule has 26 atom stereocenters. The largest absolute Gasteiger partial charge is 0.481 e. The minimum Gasteiger partial charge on any atom is -0.481 e. The van der Waals surface area contributed by atoms with Crippen LogP contribution < -0.4 is 0 Å². The molecule has 5 aliphatic heterocycles. The molecule has 13 N–H and O–H groups in total. The van der Waals surface area contributed by atoms with Crippen LogP contribution in [0.25, 0.3) is 0 Å². The van der Waals surface area contributed by atoms with Crippen LogP contribution in [0.4, 0.5) is 0 Å². The van der Waals surface area contributed by atoms with Crippen LogP contribution in [0.15, 0.2) is 0 Å². The molecule has 5 saturated heterocycles. The van der Waals surface area contributed by atoms with Gasteiger partial charge in [-0.2, -0.15) is 0 Å². The van der Waals surface area contributed by atoms with Gasteiger partial charge in [0.2, 0.25) is 0 Å². The third-order valence-corrected chi connectivity index (χ3v) is 13.5. The van der Waals surface area contributed by atoms with Crippen LogP contribution in [-0.2, 0) is 52.2 Å². The summed E-state index contributed by atoms with van der Waals surface area (Å²) in [5.74, 6) is -0.810.